The molecule has 82 valence electrons. The summed E-state index contributed by atoms with van der Waals surface area (Å²) in [7, 11) is 0. The van der Waals surface area contributed by atoms with Crippen LogP contribution in [0, 0.1) is 5.82 Å². The Labute approximate surface area is 92.3 Å². The third kappa shape index (κ3) is 2.66. The fraction of sp³-hybridized carbons (Fsp3) is 0.0909. The van der Waals surface area contributed by atoms with Crippen LogP contribution in [0.25, 0.3) is 0 Å². The van der Waals surface area contributed by atoms with Crippen molar-refractivity contribution in [2.24, 2.45) is 0 Å². The molecule has 3 N–H and O–H groups in total. The van der Waals surface area contributed by atoms with Crippen LogP contribution in [-0.2, 0) is 6.54 Å². The minimum absolute atomic E-state index is 0.241. The van der Waals surface area contributed by atoms with Gasteiger partial charge in [0.05, 0.1) is 0 Å². The fourth-order valence-corrected chi connectivity index (χ4v) is 1.26. The molecule has 0 bridgehead atoms. The molecule has 1 heterocycles. The number of hydrogen-bond donors (Lipinski definition) is 2. The number of rotatable bonds is 3. The average Bonchev–Trinajstić information content (AvgIpc) is 2.28. The molecular weight excluding hydrogens is 207 g/mol. The molecule has 0 unspecified atom stereocenters. The van der Waals surface area contributed by atoms with Gasteiger partial charge in [-0.3, -0.25) is 0 Å². The molecule has 16 heavy (non-hydrogen) atoms. The molecule has 0 aliphatic carbocycles. The lowest BCUT2D eigenvalue weighted by Gasteiger charge is -2.05. The van der Waals surface area contributed by atoms with E-state index in [1.165, 1.54) is 18.5 Å². The number of nitrogens with one attached hydrogen (secondary N) is 1. The smallest absolute Gasteiger partial charge is 0.131 e. The third-order valence-corrected chi connectivity index (χ3v) is 2.08. The maximum atomic E-state index is 12.6. The highest BCUT2D eigenvalue weighted by Gasteiger charge is 1.96. The van der Waals surface area contributed by atoms with Gasteiger partial charge in [-0.1, -0.05) is 12.1 Å². The number of halogens is 1. The average molecular weight is 218 g/mol. The van der Waals surface area contributed by atoms with Crippen LogP contribution in [0.3, 0.4) is 0 Å². The van der Waals surface area contributed by atoms with E-state index < -0.39 is 0 Å². The molecule has 0 aliphatic heterocycles. The Bertz CT molecular complexity index is 470. The maximum Gasteiger partial charge on any atom is 0.131 e. The summed E-state index contributed by atoms with van der Waals surface area (Å²) in [6.07, 6.45) is 1.39. The van der Waals surface area contributed by atoms with E-state index in [1.807, 2.05) is 0 Å². The van der Waals surface area contributed by atoms with Crippen molar-refractivity contribution in [3.05, 3.63) is 48.0 Å². The molecule has 0 spiro atoms. The van der Waals surface area contributed by atoms with Crippen molar-refractivity contribution < 1.29 is 4.39 Å². The predicted octanol–water partition coefficient (Wildman–Crippen LogP) is 1.81. The highest BCUT2D eigenvalue weighted by molar-refractivity contribution is 5.43. The zero-order chi connectivity index (χ0) is 11.4. The molecule has 5 heteroatoms. The van der Waals surface area contributed by atoms with Gasteiger partial charge in [0, 0.05) is 12.6 Å². The van der Waals surface area contributed by atoms with Crippen molar-refractivity contribution in [2.75, 3.05) is 11.1 Å². The molecule has 0 atom stereocenters. The molecule has 2 aromatic rings. The summed E-state index contributed by atoms with van der Waals surface area (Å²) < 4.78 is 12.6. The lowest BCUT2D eigenvalue weighted by atomic mass is 10.2. The highest BCUT2D eigenvalue weighted by atomic mass is 19.1. The van der Waals surface area contributed by atoms with Crippen LogP contribution in [0.15, 0.2) is 36.7 Å². The van der Waals surface area contributed by atoms with Gasteiger partial charge in [-0.05, 0) is 17.7 Å². The van der Waals surface area contributed by atoms with E-state index in [-0.39, 0.29) is 5.82 Å². The van der Waals surface area contributed by atoms with Gasteiger partial charge in [0.2, 0.25) is 0 Å². The molecule has 2 rings (SSSR count). The fourth-order valence-electron chi connectivity index (χ4n) is 1.26. The number of anilines is 2. The van der Waals surface area contributed by atoms with Crippen LogP contribution < -0.4 is 11.1 Å². The minimum atomic E-state index is -0.241. The third-order valence-electron chi connectivity index (χ3n) is 2.08. The molecule has 4 nitrogen and oxygen atoms in total. The lowest BCUT2D eigenvalue weighted by Crippen LogP contribution is -2.02. The summed E-state index contributed by atoms with van der Waals surface area (Å²) in [5.41, 5.74) is 6.48. The van der Waals surface area contributed by atoms with Gasteiger partial charge in [0.1, 0.15) is 23.8 Å². The monoisotopic (exact) mass is 218 g/mol. The van der Waals surface area contributed by atoms with E-state index >= 15 is 0 Å². The van der Waals surface area contributed by atoms with Gasteiger partial charge in [-0.15, -0.1) is 0 Å². The Morgan fingerprint density at radius 3 is 2.62 bits per heavy atom. The second-order valence-corrected chi connectivity index (χ2v) is 3.31. The van der Waals surface area contributed by atoms with E-state index in [4.69, 9.17) is 5.73 Å². The Hall–Kier alpha value is -2.17. The molecular formula is C11H11FN4. The largest absolute Gasteiger partial charge is 0.384 e. The van der Waals surface area contributed by atoms with Gasteiger partial charge in [-0.2, -0.15) is 0 Å². The SMILES string of the molecule is Nc1cc(NCc2ccc(F)cc2)ncn1. The highest BCUT2D eigenvalue weighted by Crippen LogP contribution is 2.08. The van der Waals surface area contributed by atoms with Crippen molar-refractivity contribution in [1.29, 1.82) is 0 Å². The maximum absolute atomic E-state index is 12.6. The molecule has 1 aromatic heterocycles. The number of aromatic nitrogens is 2. The van der Waals surface area contributed by atoms with Crippen molar-refractivity contribution in [2.45, 2.75) is 6.54 Å². The summed E-state index contributed by atoms with van der Waals surface area (Å²) in [4.78, 5) is 7.78. The number of nitrogens with zero attached hydrogens (tertiary/aromatic N) is 2. The van der Waals surface area contributed by atoms with Crippen LogP contribution >= 0.6 is 0 Å². The number of nitrogen functional groups attached to an aromatic ring is 1. The molecule has 0 radical (unpaired) electrons. The Morgan fingerprint density at radius 1 is 1.19 bits per heavy atom. The van der Waals surface area contributed by atoms with E-state index in [2.05, 4.69) is 15.3 Å². The van der Waals surface area contributed by atoms with E-state index in [0.717, 1.165) is 5.56 Å². The van der Waals surface area contributed by atoms with E-state index in [9.17, 15) is 4.39 Å². The van der Waals surface area contributed by atoms with Crippen molar-refractivity contribution in [1.82, 2.24) is 9.97 Å². The number of hydrogen-bond acceptors (Lipinski definition) is 4. The van der Waals surface area contributed by atoms with Crippen molar-refractivity contribution >= 4 is 11.6 Å². The molecule has 1 aromatic carbocycles. The summed E-state index contributed by atoms with van der Waals surface area (Å²) in [5, 5.41) is 3.07. The first-order valence-electron chi connectivity index (χ1n) is 4.80. The summed E-state index contributed by atoms with van der Waals surface area (Å²) >= 11 is 0. The zero-order valence-electron chi connectivity index (χ0n) is 8.52. The second-order valence-electron chi connectivity index (χ2n) is 3.31. The predicted molar refractivity (Wildman–Crippen MR) is 60.2 cm³/mol. The van der Waals surface area contributed by atoms with Crippen LogP contribution in [-0.4, -0.2) is 9.97 Å². The zero-order valence-corrected chi connectivity index (χ0v) is 8.52. The Kier molecular flexibility index (Phi) is 2.95. The van der Waals surface area contributed by atoms with Crippen LogP contribution in [0.5, 0.6) is 0 Å². The summed E-state index contributed by atoms with van der Waals surface area (Å²) in [6, 6.07) is 7.92. The quantitative estimate of drug-likeness (QED) is 0.824. The van der Waals surface area contributed by atoms with Crippen LogP contribution in [0.4, 0.5) is 16.0 Å². The second kappa shape index (κ2) is 4.57. The first kappa shape index (κ1) is 10.4. The van der Waals surface area contributed by atoms with E-state index in [1.54, 1.807) is 18.2 Å². The molecule has 0 fully saturated rings. The normalized spacial score (nSPS) is 10.1. The van der Waals surface area contributed by atoms with Gasteiger partial charge in [-0.25, -0.2) is 14.4 Å². The molecule has 0 aliphatic rings. The first-order chi connectivity index (χ1) is 7.74. The summed E-state index contributed by atoms with van der Waals surface area (Å²) in [6.45, 7) is 0.566. The minimum Gasteiger partial charge on any atom is -0.384 e. The summed E-state index contributed by atoms with van der Waals surface area (Å²) in [5.74, 6) is 0.823. The van der Waals surface area contributed by atoms with Gasteiger partial charge in [0.15, 0.2) is 0 Å². The van der Waals surface area contributed by atoms with Crippen molar-refractivity contribution in [3.63, 3.8) is 0 Å². The Balaban J connectivity index is 1.99. The molecule has 0 saturated heterocycles. The Morgan fingerprint density at radius 2 is 1.94 bits per heavy atom. The van der Waals surface area contributed by atoms with Gasteiger partial charge >= 0.3 is 0 Å². The van der Waals surface area contributed by atoms with Gasteiger partial charge in [0.25, 0.3) is 0 Å². The number of benzene rings is 1. The molecule has 0 amide bonds. The van der Waals surface area contributed by atoms with E-state index in [0.29, 0.717) is 18.2 Å². The van der Waals surface area contributed by atoms with Crippen LogP contribution in [0.2, 0.25) is 0 Å². The standard InChI is InChI=1S/C11H11FN4/c12-9-3-1-8(2-4-9)6-14-11-5-10(13)15-7-16-11/h1-5,7H,6H2,(H3,13,14,15,16). The lowest BCUT2D eigenvalue weighted by molar-refractivity contribution is 0.627. The van der Waals surface area contributed by atoms with Gasteiger partial charge < -0.3 is 11.1 Å². The van der Waals surface area contributed by atoms with Crippen molar-refractivity contribution in [3.8, 4) is 0 Å². The topological polar surface area (TPSA) is 63.8 Å². The first-order valence-corrected chi connectivity index (χ1v) is 4.80. The molecule has 0 saturated carbocycles. The number of nitrogens with two attached hydrogens (primary N) is 1. The van der Waals surface area contributed by atoms with Crippen LogP contribution in [0.1, 0.15) is 5.56 Å².